The fraction of sp³-hybridized carbons (Fsp3) is 0.810. The molecule has 2 fully saturated rings. The molecule has 1 amide bonds. The number of hydrogen-bond donors (Lipinski definition) is 1. The van der Waals surface area contributed by atoms with Gasteiger partial charge in [0.2, 0.25) is 0 Å². The number of carboxylic acid groups (broad SMARTS) is 1. The molecule has 1 N–H and O–H groups in total. The molecule has 2 saturated heterocycles. The smallest absolute Gasteiger partial charge is 0.415 e. The monoisotopic (exact) mass is 450 g/mol. The number of likely N-dealkylation sites (tertiary alicyclic amines) is 1. The van der Waals surface area contributed by atoms with E-state index >= 15 is 0 Å². The Labute approximate surface area is 188 Å². The van der Waals surface area contributed by atoms with Gasteiger partial charge in [-0.05, 0) is 43.2 Å². The number of fused-ring (bicyclic) bond motifs is 1. The first-order chi connectivity index (χ1) is 14.9. The standard InChI is InChI=1S/C21H34N6O5/c1-20(2,3)16-11-24(9-10-26(16)19(28)29)15-5-7-23(8-6-15)13-21(4)14-25-12-17(27(30)31)22-18(25)32-21/h12,15-16H,5-11,13-14H2,1-4H3,(H,28,29). The van der Waals surface area contributed by atoms with Crippen molar-refractivity contribution in [2.75, 3.05) is 39.3 Å². The first-order valence-electron chi connectivity index (χ1n) is 11.3. The van der Waals surface area contributed by atoms with Crippen molar-refractivity contribution < 1.29 is 19.6 Å². The predicted octanol–water partition coefficient (Wildman–Crippen LogP) is 2.12. The molecule has 11 heteroatoms. The number of carbonyl (C=O) groups is 1. The molecule has 178 valence electrons. The molecule has 1 aromatic rings. The Morgan fingerprint density at radius 3 is 2.56 bits per heavy atom. The van der Waals surface area contributed by atoms with Crippen LogP contribution in [0.15, 0.2) is 6.20 Å². The van der Waals surface area contributed by atoms with E-state index in [1.807, 2.05) is 6.92 Å². The molecule has 4 rings (SSSR count). The van der Waals surface area contributed by atoms with Crippen LogP contribution in [0.4, 0.5) is 10.6 Å². The van der Waals surface area contributed by atoms with Gasteiger partial charge in [0.05, 0.1) is 12.6 Å². The summed E-state index contributed by atoms with van der Waals surface area (Å²) in [5, 5.41) is 20.5. The van der Waals surface area contributed by atoms with Gasteiger partial charge in [0.1, 0.15) is 11.8 Å². The lowest BCUT2D eigenvalue weighted by Gasteiger charge is -2.49. The molecule has 32 heavy (non-hydrogen) atoms. The minimum atomic E-state index is -0.825. The Morgan fingerprint density at radius 2 is 2.00 bits per heavy atom. The number of piperidine rings is 1. The van der Waals surface area contributed by atoms with Gasteiger partial charge in [0.25, 0.3) is 0 Å². The lowest BCUT2D eigenvalue weighted by atomic mass is 9.83. The highest BCUT2D eigenvalue weighted by Crippen LogP contribution is 2.33. The number of nitrogens with zero attached hydrogens (tertiary/aromatic N) is 6. The summed E-state index contributed by atoms with van der Waals surface area (Å²) in [6, 6.07) is 0.768. The maximum absolute atomic E-state index is 11.7. The number of piperazine rings is 1. The van der Waals surface area contributed by atoms with E-state index in [0.29, 0.717) is 25.1 Å². The zero-order valence-corrected chi connectivity index (χ0v) is 19.4. The van der Waals surface area contributed by atoms with Crippen LogP contribution in [0.1, 0.15) is 40.5 Å². The molecule has 2 atom stereocenters. The molecule has 1 aromatic heterocycles. The van der Waals surface area contributed by atoms with E-state index in [2.05, 4.69) is 35.6 Å². The summed E-state index contributed by atoms with van der Waals surface area (Å²) >= 11 is 0. The molecule has 0 bridgehead atoms. The summed E-state index contributed by atoms with van der Waals surface area (Å²) in [7, 11) is 0. The van der Waals surface area contributed by atoms with Crippen LogP contribution in [0.5, 0.6) is 6.01 Å². The average molecular weight is 451 g/mol. The molecule has 0 radical (unpaired) electrons. The normalized spacial score (nSPS) is 27.9. The second-order valence-electron chi connectivity index (χ2n) is 10.7. The third-order valence-electron chi connectivity index (χ3n) is 7.05. The highest BCUT2D eigenvalue weighted by atomic mass is 16.6. The van der Waals surface area contributed by atoms with Crippen LogP contribution in [0.2, 0.25) is 0 Å². The third-order valence-corrected chi connectivity index (χ3v) is 7.05. The zero-order valence-electron chi connectivity index (χ0n) is 19.4. The van der Waals surface area contributed by atoms with E-state index in [1.165, 1.54) is 6.20 Å². The van der Waals surface area contributed by atoms with Crippen LogP contribution < -0.4 is 4.74 Å². The highest BCUT2D eigenvalue weighted by Gasteiger charge is 2.43. The largest absolute Gasteiger partial charge is 0.465 e. The van der Waals surface area contributed by atoms with Gasteiger partial charge in [-0.25, -0.2) is 4.79 Å². The molecule has 0 aliphatic carbocycles. The molecule has 0 spiro atoms. The van der Waals surface area contributed by atoms with E-state index in [9.17, 15) is 20.0 Å². The van der Waals surface area contributed by atoms with Crippen molar-refractivity contribution in [2.45, 2.75) is 64.8 Å². The van der Waals surface area contributed by atoms with Crippen molar-refractivity contribution >= 4 is 11.9 Å². The SMILES string of the molecule is CC1(CN2CCC(N3CCN(C(=O)O)C(C(C)(C)C)C3)CC2)Cn2cc([N+](=O)[O-])nc2O1. The van der Waals surface area contributed by atoms with Gasteiger partial charge < -0.3 is 24.9 Å². The summed E-state index contributed by atoms with van der Waals surface area (Å²) in [6.45, 7) is 13.7. The number of ether oxygens (including phenoxy) is 1. The van der Waals surface area contributed by atoms with Gasteiger partial charge in [-0.1, -0.05) is 20.8 Å². The first-order valence-corrected chi connectivity index (χ1v) is 11.3. The van der Waals surface area contributed by atoms with E-state index < -0.39 is 16.6 Å². The van der Waals surface area contributed by atoms with Crippen LogP contribution in [-0.4, -0.2) is 97.3 Å². The van der Waals surface area contributed by atoms with Crippen LogP contribution >= 0.6 is 0 Å². The molecule has 3 aliphatic rings. The molecule has 0 saturated carbocycles. The van der Waals surface area contributed by atoms with Gasteiger partial charge in [-0.3, -0.25) is 14.4 Å². The molecule has 0 aromatic carbocycles. The van der Waals surface area contributed by atoms with Crippen molar-refractivity contribution in [3.8, 4) is 6.01 Å². The van der Waals surface area contributed by atoms with Crippen LogP contribution in [0, 0.1) is 15.5 Å². The van der Waals surface area contributed by atoms with E-state index in [0.717, 1.165) is 45.6 Å². The number of aromatic nitrogens is 2. The topological polar surface area (TPSA) is 117 Å². The summed E-state index contributed by atoms with van der Waals surface area (Å²) in [5.41, 5.74) is -0.555. The number of rotatable bonds is 4. The quantitative estimate of drug-likeness (QED) is 0.548. The lowest BCUT2D eigenvalue weighted by molar-refractivity contribution is -0.389. The Bertz CT molecular complexity index is 849. The van der Waals surface area contributed by atoms with E-state index in [-0.39, 0.29) is 17.3 Å². The second-order valence-corrected chi connectivity index (χ2v) is 10.7. The fourth-order valence-corrected chi connectivity index (χ4v) is 5.39. The minimum absolute atomic E-state index is 0.0103. The zero-order chi connectivity index (χ0) is 23.3. The average Bonchev–Trinajstić information content (AvgIpc) is 3.22. The second kappa shape index (κ2) is 8.18. The number of amides is 1. The highest BCUT2D eigenvalue weighted by molar-refractivity contribution is 5.65. The molecule has 11 nitrogen and oxygen atoms in total. The first kappa shape index (κ1) is 22.8. The maximum Gasteiger partial charge on any atom is 0.415 e. The van der Waals surface area contributed by atoms with Gasteiger partial charge >= 0.3 is 17.9 Å². The molecule has 3 aliphatic heterocycles. The molecule has 4 heterocycles. The van der Waals surface area contributed by atoms with Crippen molar-refractivity contribution in [1.29, 1.82) is 0 Å². The predicted molar refractivity (Wildman–Crippen MR) is 117 cm³/mol. The number of hydrogen-bond acceptors (Lipinski definition) is 7. The number of imidazole rings is 1. The van der Waals surface area contributed by atoms with Crippen molar-refractivity contribution in [3.63, 3.8) is 0 Å². The Kier molecular flexibility index (Phi) is 5.83. The van der Waals surface area contributed by atoms with Crippen LogP contribution in [0.25, 0.3) is 0 Å². The summed E-state index contributed by atoms with van der Waals surface area (Å²) in [4.78, 5) is 32.5. The van der Waals surface area contributed by atoms with Crippen LogP contribution in [0.3, 0.4) is 0 Å². The van der Waals surface area contributed by atoms with Crippen molar-refractivity contribution in [2.24, 2.45) is 5.41 Å². The Balaban J connectivity index is 1.30. The third kappa shape index (κ3) is 4.54. The Hall–Kier alpha value is -2.40. The van der Waals surface area contributed by atoms with E-state index in [1.54, 1.807) is 9.47 Å². The van der Waals surface area contributed by atoms with Crippen LogP contribution in [-0.2, 0) is 6.54 Å². The van der Waals surface area contributed by atoms with Gasteiger partial charge in [0.15, 0.2) is 0 Å². The maximum atomic E-state index is 11.7. The Morgan fingerprint density at radius 1 is 1.31 bits per heavy atom. The van der Waals surface area contributed by atoms with E-state index in [4.69, 9.17) is 4.74 Å². The molecular weight excluding hydrogens is 416 g/mol. The fourth-order valence-electron chi connectivity index (χ4n) is 5.39. The summed E-state index contributed by atoms with van der Waals surface area (Å²) < 4.78 is 7.71. The van der Waals surface area contributed by atoms with Gasteiger partial charge in [-0.15, -0.1) is 0 Å². The minimum Gasteiger partial charge on any atom is -0.465 e. The van der Waals surface area contributed by atoms with Gasteiger partial charge in [0, 0.05) is 37.2 Å². The summed E-state index contributed by atoms with van der Waals surface area (Å²) in [6.07, 6.45) is 2.69. The summed E-state index contributed by atoms with van der Waals surface area (Å²) in [5.74, 6) is -0.181. The number of nitro groups is 1. The van der Waals surface area contributed by atoms with Crippen molar-refractivity contribution in [1.82, 2.24) is 24.3 Å². The lowest BCUT2D eigenvalue weighted by Crippen LogP contribution is -2.62. The molecule has 2 unspecified atom stereocenters. The van der Waals surface area contributed by atoms with Crippen molar-refractivity contribution in [3.05, 3.63) is 16.3 Å². The molecular formula is C21H34N6O5. The van der Waals surface area contributed by atoms with Gasteiger partial charge in [-0.2, -0.15) is 0 Å².